The maximum atomic E-state index is 11.7. The second-order valence-electron chi connectivity index (χ2n) is 3.56. The van der Waals surface area contributed by atoms with E-state index in [0.717, 1.165) is 18.4 Å². The molecule has 0 heterocycles. The zero-order chi connectivity index (χ0) is 10.8. The van der Waals surface area contributed by atoms with Gasteiger partial charge in [0.05, 0.1) is 7.56 Å². The average Bonchev–Trinajstić information content (AvgIpc) is 3.01. The number of benzene rings is 1. The molecule has 1 atom stereocenters. The van der Waals surface area contributed by atoms with E-state index in [2.05, 4.69) is 4.40 Å². The molecule has 1 fully saturated rings. The summed E-state index contributed by atoms with van der Waals surface area (Å²) >= 11 is -1.40. The molecule has 2 rings (SSSR count). The molecule has 1 unspecified atom stereocenters. The molecule has 0 bridgehead atoms. The van der Waals surface area contributed by atoms with E-state index < -0.39 is 11.4 Å². The van der Waals surface area contributed by atoms with Crippen LogP contribution < -0.4 is 0 Å². The first-order chi connectivity index (χ1) is 7.16. The van der Waals surface area contributed by atoms with Gasteiger partial charge in [0.15, 0.2) is 4.90 Å². The fourth-order valence-electron chi connectivity index (χ4n) is 1.04. The number of hydrogen-bond acceptors (Lipinski definition) is 2. The summed E-state index contributed by atoms with van der Waals surface area (Å²) in [5.41, 5.74) is 1.13. The van der Waals surface area contributed by atoms with Crippen LogP contribution in [0.2, 0.25) is 0 Å². The van der Waals surface area contributed by atoms with Gasteiger partial charge in [-0.25, -0.2) is 0 Å². The van der Waals surface area contributed by atoms with E-state index in [0.29, 0.717) is 4.90 Å². The van der Waals surface area contributed by atoms with Crippen LogP contribution in [-0.2, 0) is 11.4 Å². The maximum Gasteiger partial charge on any atom is 0.182 e. The van der Waals surface area contributed by atoms with Gasteiger partial charge in [-0.1, -0.05) is 22.1 Å². The van der Waals surface area contributed by atoms with Crippen LogP contribution in [-0.4, -0.2) is 10.7 Å². The zero-order valence-electron chi connectivity index (χ0n) is 9.06. The van der Waals surface area contributed by atoms with E-state index in [-0.39, 0.29) is 12.1 Å². The number of hydrogen-bond donors (Lipinski definition) is 0. The second kappa shape index (κ2) is 4.15. The van der Waals surface area contributed by atoms with Gasteiger partial charge in [0, 0.05) is 0 Å². The zero-order valence-corrected chi connectivity index (χ0v) is 8.88. The van der Waals surface area contributed by atoms with Gasteiger partial charge >= 0.3 is 0 Å². The first-order valence-corrected chi connectivity index (χ1v) is 5.81. The normalized spacial score (nSPS) is 20.4. The molecule has 0 amide bonds. The molecule has 1 aliphatic rings. The fraction of sp³-hybridized carbons (Fsp3) is 0.364. The number of rotatable bonds is 3. The Labute approximate surface area is 88.8 Å². The van der Waals surface area contributed by atoms with Gasteiger partial charge in [0.1, 0.15) is 11.4 Å². The summed E-state index contributed by atoms with van der Waals surface area (Å²) in [7, 11) is 0. The van der Waals surface area contributed by atoms with Crippen molar-refractivity contribution in [1.29, 1.82) is 0 Å². The molecule has 2 nitrogen and oxygen atoms in total. The molecule has 0 aliphatic heterocycles. The van der Waals surface area contributed by atoms with Crippen molar-refractivity contribution in [2.45, 2.75) is 24.7 Å². The van der Waals surface area contributed by atoms with Crippen molar-refractivity contribution >= 4 is 17.6 Å². The first kappa shape index (κ1) is 8.50. The Bertz CT molecular complexity index is 373. The first-order valence-electron chi connectivity index (χ1n) is 5.20. The van der Waals surface area contributed by atoms with Crippen LogP contribution in [0.25, 0.3) is 0 Å². The van der Waals surface area contributed by atoms with Gasteiger partial charge in [-0.3, -0.25) is 0 Å². The molecule has 0 radical (unpaired) electrons. The Kier molecular flexibility index (Phi) is 2.52. The Morgan fingerprint density at radius 3 is 2.71 bits per heavy atom. The Balaban J connectivity index is 2.09. The van der Waals surface area contributed by atoms with Crippen LogP contribution in [0.3, 0.4) is 0 Å². The lowest BCUT2D eigenvalue weighted by molar-refractivity contribution is 0.597. The van der Waals surface area contributed by atoms with E-state index in [9.17, 15) is 4.55 Å². The molecule has 1 aromatic carbocycles. The predicted molar refractivity (Wildman–Crippen MR) is 58.8 cm³/mol. The molecule has 1 aliphatic carbocycles. The summed E-state index contributed by atoms with van der Waals surface area (Å²) in [5.74, 6) is 0.263. The van der Waals surface area contributed by atoms with Gasteiger partial charge in [-0.15, -0.1) is 0 Å². The molecule has 1 saturated carbocycles. The van der Waals surface area contributed by atoms with Crippen molar-refractivity contribution in [2.24, 2.45) is 10.3 Å². The van der Waals surface area contributed by atoms with Crippen LogP contribution in [0.1, 0.15) is 19.8 Å². The van der Waals surface area contributed by atoms with Crippen LogP contribution in [0.5, 0.6) is 0 Å². The summed E-state index contributed by atoms with van der Waals surface area (Å²) in [4.78, 5) is 0.672. The third-order valence-corrected chi connectivity index (χ3v) is 3.06. The molecular weight excluding hydrogens is 194 g/mol. The van der Waals surface area contributed by atoms with Crippen molar-refractivity contribution in [3.05, 3.63) is 29.8 Å². The lowest BCUT2D eigenvalue weighted by Crippen LogP contribution is -1.97. The third-order valence-electron chi connectivity index (χ3n) is 2.12. The third kappa shape index (κ3) is 2.59. The van der Waals surface area contributed by atoms with E-state index in [4.69, 9.17) is 1.37 Å². The van der Waals surface area contributed by atoms with Crippen LogP contribution >= 0.6 is 0 Å². The lowest BCUT2D eigenvalue weighted by Gasteiger charge is -2.01. The molecule has 0 aromatic heterocycles. The quantitative estimate of drug-likeness (QED) is 0.555. The van der Waals surface area contributed by atoms with E-state index in [1.165, 1.54) is 0 Å². The van der Waals surface area contributed by atoms with Gasteiger partial charge in [0.25, 0.3) is 0 Å². The highest BCUT2D eigenvalue weighted by atomic mass is 32.2. The highest BCUT2D eigenvalue weighted by Gasteiger charge is 2.20. The minimum atomic E-state index is -1.40. The Hall–Kier alpha value is -0.800. The minimum absolute atomic E-state index is 0.263. The van der Waals surface area contributed by atoms with Crippen LogP contribution in [0.15, 0.2) is 33.6 Å². The van der Waals surface area contributed by atoms with Crippen molar-refractivity contribution in [2.75, 3.05) is 0 Å². The van der Waals surface area contributed by atoms with Crippen molar-refractivity contribution in [1.82, 2.24) is 0 Å². The molecule has 1 aromatic rings. The predicted octanol–water partition coefficient (Wildman–Crippen LogP) is 2.50. The summed E-state index contributed by atoms with van der Waals surface area (Å²) in [6, 6.07) is 7.41. The van der Waals surface area contributed by atoms with Gasteiger partial charge in [-0.2, -0.15) is 0 Å². The minimum Gasteiger partial charge on any atom is -0.586 e. The molecule has 74 valence electrons. The van der Waals surface area contributed by atoms with E-state index >= 15 is 0 Å². The molecule has 0 saturated heterocycles. The monoisotopic (exact) mass is 208 g/mol. The summed E-state index contributed by atoms with van der Waals surface area (Å²) in [6.07, 6.45) is 2.33. The van der Waals surface area contributed by atoms with Crippen LogP contribution in [0.4, 0.5) is 0 Å². The lowest BCUT2D eigenvalue weighted by atomic mass is 10.2. The van der Waals surface area contributed by atoms with Crippen molar-refractivity contribution < 1.29 is 5.92 Å². The van der Waals surface area contributed by atoms with E-state index in [1.54, 1.807) is 12.1 Å². The van der Waals surface area contributed by atoms with Crippen molar-refractivity contribution in [3.63, 3.8) is 0 Å². The summed E-state index contributed by atoms with van der Waals surface area (Å²) in [5, 5.41) is 0. The summed E-state index contributed by atoms with van der Waals surface area (Å²) in [6.45, 7) is 1.98. The SMILES string of the molecule is [2H]C(=N[S+]([O-])c1ccc(C)cc1)C1CC1. The maximum absolute atomic E-state index is 11.7. The summed E-state index contributed by atoms with van der Waals surface area (Å²) < 4.78 is 23.2. The van der Waals surface area contributed by atoms with E-state index in [1.807, 2.05) is 19.1 Å². The standard InChI is InChI=1S/C11H13NOS/c1-9-2-6-11(7-3-9)14(13)12-8-10-4-5-10/h2-3,6-8,10H,4-5H2,1H3/i8D. The topological polar surface area (TPSA) is 35.4 Å². The van der Waals surface area contributed by atoms with Gasteiger partial charge < -0.3 is 4.55 Å². The molecule has 0 spiro atoms. The molecule has 0 N–H and O–H groups in total. The van der Waals surface area contributed by atoms with Gasteiger partial charge in [0.2, 0.25) is 0 Å². The van der Waals surface area contributed by atoms with Crippen molar-refractivity contribution in [3.8, 4) is 0 Å². The highest BCUT2D eigenvalue weighted by Crippen LogP contribution is 2.27. The Morgan fingerprint density at radius 2 is 2.14 bits per heavy atom. The second-order valence-corrected chi connectivity index (χ2v) is 4.71. The molecular formula is C11H13NOS. The molecule has 14 heavy (non-hydrogen) atoms. The smallest absolute Gasteiger partial charge is 0.182 e. The highest BCUT2D eigenvalue weighted by molar-refractivity contribution is 7.90. The number of aryl methyl sites for hydroxylation is 1. The fourth-order valence-corrected chi connectivity index (χ4v) is 1.76. The Morgan fingerprint density at radius 1 is 1.50 bits per heavy atom. The average molecular weight is 208 g/mol. The van der Waals surface area contributed by atoms with Crippen LogP contribution in [0, 0.1) is 12.8 Å². The largest absolute Gasteiger partial charge is 0.586 e. The number of nitrogens with zero attached hydrogens (tertiary/aromatic N) is 1. The molecule has 3 heteroatoms. The van der Waals surface area contributed by atoms with Gasteiger partial charge in [-0.05, 0) is 37.8 Å².